The number of Topliss-reactive ketones (excluding diaryl/α,β-unsaturated/α-hetero) is 2. The molecule has 1 aromatic rings. The molecular formula is C32H32N4O14S4. The van der Waals surface area contributed by atoms with Crippen molar-refractivity contribution >= 4 is 106 Å². The number of esters is 3. The van der Waals surface area contributed by atoms with Crippen LogP contribution in [0.15, 0.2) is 16.8 Å². The number of β-lactam (4-membered cyclic amide) rings is 3. The van der Waals surface area contributed by atoms with E-state index in [1.54, 1.807) is 46.9 Å². The van der Waals surface area contributed by atoms with Gasteiger partial charge in [0.25, 0.3) is 23.4 Å². The van der Waals surface area contributed by atoms with Crippen LogP contribution in [0.5, 0.6) is 0 Å². The van der Waals surface area contributed by atoms with Gasteiger partial charge in [0.2, 0.25) is 11.8 Å². The standard InChI is InChI=1S/C32H32N4O14S4/c1-30(2)15(25(43)44)34-19(40)12(22(34)52-30)33-18(39)11(10-7-8-51-9-10)26(45)48-29(49-27(46)16-31(3,4)53-23-13(37)20(41)35(16)23)50-28(47)17-32(5,6)54-24-14(38)21(42)36(17)24/h7-9,11-12,15-17,22-24,29H,1-6H3,(H,33,39)(H,43,44)/t11?,12?,15-,16-,17-,22+,23+,24+/m0/s1. The van der Waals surface area contributed by atoms with Crippen LogP contribution in [-0.2, 0) is 62.2 Å². The average molecular weight is 825 g/mol. The van der Waals surface area contributed by atoms with Gasteiger partial charge in [-0.1, -0.05) is 0 Å². The molecule has 0 saturated carbocycles. The third kappa shape index (κ3) is 5.69. The second-order valence-electron chi connectivity index (χ2n) is 14.8. The highest BCUT2D eigenvalue weighted by molar-refractivity contribution is 8.03. The van der Waals surface area contributed by atoms with E-state index in [-0.39, 0.29) is 5.56 Å². The Balaban J connectivity index is 1.14. The van der Waals surface area contributed by atoms with E-state index in [9.17, 15) is 53.1 Å². The van der Waals surface area contributed by atoms with Crippen molar-refractivity contribution < 1.29 is 67.3 Å². The fourth-order valence-corrected chi connectivity index (χ4v) is 12.7. The maximum atomic E-state index is 14.0. The number of rotatable bonds is 10. The third-order valence-corrected chi connectivity index (χ3v) is 15.2. The quantitative estimate of drug-likeness (QED) is 0.101. The number of ether oxygens (including phenoxy) is 3. The number of nitrogens with zero attached hydrogens (tertiary/aromatic N) is 3. The Labute approximate surface area is 322 Å². The van der Waals surface area contributed by atoms with Crippen LogP contribution in [0.4, 0.5) is 0 Å². The van der Waals surface area contributed by atoms with Gasteiger partial charge in [0.05, 0.1) is 0 Å². The summed E-state index contributed by atoms with van der Waals surface area (Å²) in [5.41, 5.74) is 0.0899. The smallest absolute Gasteiger partial charge is 0.412 e. The summed E-state index contributed by atoms with van der Waals surface area (Å²) in [6.07, 6.45) is 0. The molecule has 0 spiro atoms. The molecule has 6 fully saturated rings. The van der Waals surface area contributed by atoms with Crippen LogP contribution >= 0.6 is 46.6 Å². The molecule has 18 nitrogen and oxygen atoms in total. The van der Waals surface area contributed by atoms with Gasteiger partial charge in [-0.15, -0.1) is 35.3 Å². The number of hydrogen-bond acceptors (Lipinski definition) is 17. The molecule has 1 aromatic heterocycles. The van der Waals surface area contributed by atoms with Crippen molar-refractivity contribution in [2.45, 2.75) is 108 Å². The zero-order chi connectivity index (χ0) is 39.6. The van der Waals surface area contributed by atoms with Crippen LogP contribution in [0, 0.1) is 0 Å². The minimum absolute atomic E-state index is 0.0899. The minimum atomic E-state index is -2.51. The summed E-state index contributed by atoms with van der Waals surface area (Å²) in [4.78, 5) is 133. The molecule has 2 unspecified atom stereocenters. The van der Waals surface area contributed by atoms with Gasteiger partial charge in [-0.05, 0) is 63.9 Å². The number of aliphatic carboxylic acids is 1. The number of ketones is 2. The van der Waals surface area contributed by atoms with E-state index in [4.69, 9.17) is 14.2 Å². The molecule has 288 valence electrons. The summed E-state index contributed by atoms with van der Waals surface area (Å²) in [6.45, 7) is 7.08. The van der Waals surface area contributed by atoms with Crippen molar-refractivity contribution in [1.82, 2.24) is 20.0 Å². The molecule has 54 heavy (non-hydrogen) atoms. The van der Waals surface area contributed by atoms with E-state index in [0.29, 0.717) is 0 Å². The highest BCUT2D eigenvalue weighted by atomic mass is 32.2. The number of thioether (sulfide) groups is 3. The lowest BCUT2D eigenvalue weighted by molar-refractivity contribution is -0.263. The van der Waals surface area contributed by atoms with E-state index >= 15 is 0 Å². The lowest BCUT2D eigenvalue weighted by atomic mass is 9.95. The first-order valence-electron chi connectivity index (χ1n) is 16.3. The number of amides is 4. The number of fused-ring (bicyclic) bond motifs is 3. The summed E-state index contributed by atoms with van der Waals surface area (Å²) in [5.74, 6) is -11.9. The molecule has 2 N–H and O–H groups in total. The maximum absolute atomic E-state index is 14.0. The first kappa shape index (κ1) is 38.1. The Morgan fingerprint density at radius 1 is 0.741 bits per heavy atom. The molecule has 0 radical (unpaired) electrons. The van der Waals surface area contributed by atoms with Gasteiger partial charge in [-0.3, -0.25) is 33.6 Å². The number of nitrogens with one attached hydrogen (secondary N) is 1. The molecule has 7 rings (SSSR count). The number of hydrogen-bond donors (Lipinski definition) is 2. The van der Waals surface area contributed by atoms with E-state index < -0.39 is 126 Å². The molecule has 0 aliphatic carbocycles. The Morgan fingerprint density at radius 3 is 1.70 bits per heavy atom. The van der Waals surface area contributed by atoms with Crippen molar-refractivity contribution in [3.05, 3.63) is 22.4 Å². The lowest BCUT2D eigenvalue weighted by Crippen LogP contribution is -2.71. The summed E-state index contributed by atoms with van der Waals surface area (Å²) < 4.78 is 13.2. The van der Waals surface area contributed by atoms with Crippen molar-refractivity contribution in [3.8, 4) is 0 Å². The Morgan fingerprint density at radius 2 is 1.24 bits per heavy atom. The maximum Gasteiger partial charge on any atom is 0.412 e. The molecule has 6 aliphatic rings. The van der Waals surface area contributed by atoms with Gasteiger partial charge in [-0.25, -0.2) is 14.4 Å². The van der Waals surface area contributed by atoms with E-state index in [0.717, 1.165) is 61.3 Å². The molecule has 4 amide bonds. The van der Waals surface area contributed by atoms with Crippen molar-refractivity contribution in [2.24, 2.45) is 0 Å². The second-order valence-corrected chi connectivity index (χ2v) is 20.8. The first-order chi connectivity index (χ1) is 25.1. The molecule has 6 aliphatic heterocycles. The number of thiophene rings is 1. The van der Waals surface area contributed by atoms with Gasteiger partial charge in [0, 0.05) is 14.2 Å². The van der Waals surface area contributed by atoms with Gasteiger partial charge in [-0.2, -0.15) is 11.3 Å². The number of carbonyl (C=O) groups excluding carboxylic acids is 9. The van der Waals surface area contributed by atoms with Gasteiger partial charge in [0.15, 0.2) is 5.92 Å². The Bertz CT molecular complexity index is 1880. The van der Waals surface area contributed by atoms with Gasteiger partial charge in [0.1, 0.15) is 40.3 Å². The Hall–Kier alpha value is -4.15. The monoisotopic (exact) mass is 824 g/mol. The van der Waals surface area contributed by atoms with Crippen molar-refractivity contribution in [2.75, 3.05) is 0 Å². The Kier molecular flexibility index (Phi) is 8.97. The van der Waals surface area contributed by atoms with Crippen LogP contribution in [0.3, 0.4) is 0 Å². The van der Waals surface area contributed by atoms with Crippen LogP contribution in [-0.4, -0.2) is 140 Å². The number of carboxylic acid groups (broad SMARTS) is 1. The predicted octanol–water partition coefficient (Wildman–Crippen LogP) is -0.361. The predicted molar refractivity (Wildman–Crippen MR) is 187 cm³/mol. The molecule has 8 atom stereocenters. The lowest BCUT2D eigenvalue weighted by Gasteiger charge is -2.43. The van der Waals surface area contributed by atoms with Crippen molar-refractivity contribution in [1.29, 1.82) is 0 Å². The minimum Gasteiger partial charge on any atom is -0.480 e. The van der Waals surface area contributed by atoms with Crippen LogP contribution in [0.1, 0.15) is 53.0 Å². The van der Waals surface area contributed by atoms with Crippen LogP contribution in [0.2, 0.25) is 0 Å². The zero-order valence-corrected chi connectivity index (χ0v) is 32.4. The highest BCUT2D eigenvalue weighted by Crippen LogP contribution is 2.52. The fraction of sp³-hybridized carbons (Fsp3) is 0.562. The largest absolute Gasteiger partial charge is 0.480 e. The highest BCUT2D eigenvalue weighted by Gasteiger charge is 2.67. The number of carboxylic acids is 1. The molecule has 22 heteroatoms. The van der Waals surface area contributed by atoms with Crippen LogP contribution in [0.25, 0.3) is 0 Å². The van der Waals surface area contributed by atoms with Gasteiger partial charge < -0.3 is 39.3 Å². The summed E-state index contributed by atoms with van der Waals surface area (Å²) >= 11 is 4.32. The van der Waals surface area contributed by atoms with E-state index in [1.165, 1.54) is 11.4 Å². The average Bonchev–Trinajstić information content (AvgIpc) is 3.81. The SMILES string of the molecule is CC1(C)S[C@@H]2C(=O)C(=O)N2[C@H]1C(=O)OC(OC(=O)C(C(=O)NC1C(=O)N2[C@@H]1SC(C)(C)[C@@H]2C(=O)O)c1ccsc1)OC(=O)[C@@H]1N2C(=O)C(=O)[C@H]2SC1(C)C. The van der Waals surface area contributed by atoms with Gasteiger partial charge >= 0.3 is 30.4 Å². The van der Waals surface area contributed by atoms with Crippen molar-refractivity contribution in [3.63, 3.8) is 0 Å². The molecule has 0 bridgehead atoms. The third-order valence-electron chi connectivity index (χ3n) is 9.98. The summed E-state index contributed by atoms with van der Waals surface area (Å²) in [5, 5.41) is 12.6. The molecule has 0 aromatic carbocycles. The first-order valence-corrected chi connectivity index (χ1v) is 19.9. The molecule has 6 saturated heterocycles. The van der Waals surface area contributed by atoms with E-state index in [2.05, 4.69) is 5.32 Å². The second kappa shape index (κ2) is 12.7. The number of carbonyl (C=O) groups is 10. The normalized spacial score (nSPS) is 31.4. The van der Waals surface area contributed by atoms with E-state index in [1.807, 2.05) is 0 Å². The summed E-state index contributed by atoms with van der Waals surface area (Å²) in [7, 11) is 0. The zero-order valence-electron chi connectivity index (χ0n) is 29.2. The summed E-state index contributed by atoms with van der Waals surface area (Å²) in [6, 6.07) is -3.75. The topological polar surface area (TPSA) is 240 Å². The fourth-order valence-electron chi connectivity index (χ4n) is 7.46. The molecule has 7 heterocycles. The van der Waals surface area contributed by atoms with Crippen LogP contribution < -0.4 is 5.32 Å². The molecular weight excluding hydrogens is 793 g/mol.